The van der Waals surface area contributed by atoms with Crippen molar-refractivity contribution in [2.24, 2.45) is 0 Å². The second-order valence-corrected chi connectivity index (χ2v) is 5.77. The van der Waals surface area contributed by atoms with Crippen LogP contribution in [0.15, 0.2) is 0 Å². The van der Waals surface area contributed by atoms with E-state index in [9.17, 15) is 4.79 Å². The number of carbonyl (C=O) groups is 1. The molecule has 0 bridgehead atoms. The average Bonchev–Trinajstić information content (AvgIpc) is 2.46. The van der Waals surface area contributed by atoms with Crippen molar-refractivity contribution in [2.75, 3.05) is 19.6 Å². The Balaban J connectivity index is 2.28. The van der Waals surface area contributed by atoms with Crippen molar-refractivity contribution in [3.63, 3.8) is 0 Å². The van der Waals surface area contributed by atoms with E-state index in [0.717, 1.165) is 45.3 Å². The third kappa shape index (κ3) is 6.95. The Hall–Kier alpha value is -0.570. The molecule has 3 nitrogen and oxygen atoms in total. The van der Waals surface area contributed by atoms with Gasteiger partial charge in [0.15, 0.2) is 0 Å². The van der Waals surface area contributed by atoms with Crippen molar-refractivity contribution >= 4 is 5.91 Å². The maximum Gasteiger partial charge on any atom is 0.222 e. The normalized spacial score (nSPS) is 19.4. The van der Waals surface area contributed by atoms with Gasteiger partial charge in [-0.1, -0.05) is 33.1 Å². The van der Waals surface area contributed by atoms with E-state index in [1.807, 2.05) is 0 Å². The molecule has 0 aliphatic carbocycles. The lowest BCUT2D eigenvalue weighted by molar-refractivity contribution is -0.131. The highest BCUT2D eigenvalue weighted by Gasteiger charge is 2.17. The number of amides is 1. The number of rotatable bonds is 9. The van der Waals surface area contributed by atoms with Crippen LogP contribution in [0.25, 0.3) is 0 Å². The summed E-state index contributed by atoms with van der Waals surface area (Å²) in [5, 5.41) is 3.53. The topological polar surface area (TPSA) is 32.3 Å². The number of unbranched alkanes of at least 4 members (excludes halogenated alkanes) is 2. The molecule has 0 aromatic carbocycles. The lowest BCUT2D eigenvalue weighted by Gasteiger charge is -2.26. The van der Waals surface area contributed by atoms with Crippen molar-refractivity contribution in [1.29, 1.82) is 0 Å². The first-order valence-electron chi connectivity index (χ1n) is 8.29. The largest absolute Gasteiger partial charge is 0.343 e. The van der Waals surface area contributed by atoms with Crippen molar-refractivity contribution in [1.82, 2.24) is 10.2 Å². The molecule has 1 unspecified atom stereocenters. The number of nitrogens with zero attached hydrogens (tertiary/aromatic N) is 1. The monoisotopic (exact) mass is 268 g/mol. The van der Waals surface area contributed by atoms with Gasteiger partial charge in [0.1, 0.15) is 0 Å². The van der Waals surface area contributed by atoms with E-state index in [0.29, 0.717) is 11.9 Å². The van der Waals surface area contributed by atoms with Crippen molar-refractivity contribution in [2.45, 2.75) is 77.7 Å². The van der Waals surface area contributed by atoms with Crippen molar-refractivity contribution in [3.8, 4) is 0 Å². The number of carbonyl (C=O) groups excluding carboxylic acids is 1. The van der Waals surface area contributed by atoms with Crippen molar-refractivity contribution in [3.05, 3.63) is 0 Å². The molecule has 1 amide bonds. The highest BCUT2D eigenvalue weighted by molar-refractivity contribution is 5.76. The van der Waals surface area contributed by atoms with Crippen LogP contribution in [0.3, 0.4) is 0 Å². The predicted molar refractivity (Wildman–Crippen MR) is 81.3 cm³/mol. The first-order chi connectivity index (χ1) is 9.27. The van der Waals surface area contributed by atoms with Gasteiger partial charge < -0.3 is 10.2 Å². The number of piperidine rings is 1. The van der Waals surface area contributed by atoms with E-state index < -0.39 is 0 Å². The van der Waals surface area contributed by atoms with E-state index in [1.165, 1.54) is 32.1 Å². The molecule has 0 saturated carbocycles. The van der Waals surface area contributed by atoms with Gasteiger partial charge in [-0.05, 0) is 38.6 Å². The smallest absolute Gasteiger partial charge is 0.222 e. The quantitative estimate of drug-likeness (QED) is 0.695. The van der Waals surface area contributed by atoms with E-state index in [4.69, 9.17) is 0 Å². The fraction of sp³-hybridized carbons (Fsp3) is 0.938. The molecule has 1 atom stereocenters. The fourth-order valence-corrected chi connectivity index (χ4v) is 2.69. The highest BCUT2D eigenvalue weighted by Crippen LogP contribution is 2.13. The molecule has 1 aliphatic rings. The van der Waals surface area contributed by atoms with Gasteiger partial charge in [-0.25, -0.2) is 0 Å². The molecular weight excluding hydrogens is 236 g/mol. The molecule has 1 rings (SSSR count). The van der Waals surface area contributed by atoms with Gasteiger partial charge in [0.2, 0.25) is 5.91 Å². The van der Waals surface area contributed by atoms with E-state index in [2.05, 4.69) is 24.1 Å². The minimum Gasteiger partial charge on any atom is -0.343 e. The molecule has 112 valence electrons. The summed E-state index contributed by atoms with van der Waals surface area (Å²) in [5.74, 6) is 0.370. The highest BCUT2D eigenvalue weighted by atomic mass is 16.2. The summed E-state index contributed by atoms with van der Waals surface area (Å²) >= 11 is 0. The molecule has 0 aromatic heterocycles. The van der Waals surface area contributed by atoms with Crippen LogP contribution in [0.2, 0.25) is 0 Å². The van der Waals surface area contributed by atoms with Gasteiger partial charge in [0.05, 0.1) is 0 Å². The number of hydrogen-bond donors (Lipinski definition) is 1. The zero-order valence-corrected chi connectivity index (χ0v) is 12.9. The van der Waals surface area contributed by atoms with E-state index in [-0.39, 0.29) is 0 Å². The molecular formula is C16H32N2O. The van der Waals surface area contributed by atoms with Gasteiger partial charge in [-0.3, -0.25) is 4.79 Å². The van der Waals surface area contributed by atoms with Crippen LogP contribution in [0, 0.1) is 0 Å². The molecule has 1 fully saturated rings. The molecule has 0 spiro atoms. The van der Waals surface area contributed by atoms with Gasteiger partial charge in [-0.2, -0.15) is 0 Å². The molecule has 1 saturated heterocycles. The van der Waals surface area contributed by atoms with Crippen LogP contribution < -0.4 is 5.32 Å². The predicted octanol–water partition coefficient (Wildman–Crippen LogP) is 3.34. The third-order valence-corrected chi connectivity index (χ3v) is 4.03. The lowest BCUT2D eigenvalue weighted by atomic mass is 10.0. The van der Waals surface area contributed by atoms with Crippen molar-refractivity contribution < 1.29 is 4.79 Å². The Bertz CT molecular complexity index is 229. The maximum atomic E-state index is 12.3. The molecule has 3 heteroatoms. The second kappa shape index (κ2) is 10.2. The minimum absolute atomic E-state index is 0.370. The number of hydrogen-bond acceptors (Lipinski definition) is 2. The molecule has 1 heterocycles. The SMILES string of the molecule is CCCCN(CCCC)C(=O)CCC1CCCCN1. The van der Waals surface area contributed by atoms with Gasteiger partial charge in [-0.15, -0.1) is 0 Å². The Morgan fingerprint density at radius 2 is 1.84 bits per heavy atom. The first-order valence-corrected chi connectivity index (χ1v) is 8.29. The summed E-state index contributed by atoms with van der Waals surface area (Å²) in [6.45, 7) is 7.41. The summed E-state index contributed by atoms with van der Waals surface area (Å²) in [7, 11) is 0. The molecule has 0 aromatic rings. The fourth-order valence-electron chi connectivity index (χ4n) is 2.69. The van der Waals surface area contributed by atoms with Gasteiger partial charge in [0, 0.05) is 25.6 Å². The van der Waals surface area contributed by atoms with Crippen LogP contribution in [-0.4, -0.2) is 36.5 Å². The standard InChI is InChI=1S/C16H32N2O/c1-3-5-13-18(14-6-4-2)16(19)11-10-15-9-7-8-12-17-15/h15,17H,3-14H2,1-2H3. The molecule has 1 N–H and O–H groups in total. The third-order valence-electron chi connectivity index (χ3n) is 4.03. The Kier molecular flexibility index (Phi) is 8.89. The summed E-state index contributed by atoms with van der Waals surface area (Å²) in [6.07, 6.45) is 10.2. The Morgan fingerprint density at radius 3 is 2.37 bits per heavy atom. The van der Waals surface area contributed by atoms with Crippen LogP contribution in [0.1, 0.15) is 71.6 Å². The first kappa shape index (κ1) is 16.5. The summed E-state index contributed by atoms with van der Waals surface area (Å²) < 4.78 is 0. The molecule has 1 aliphatic heterocycles. The van der Waals surface area contributed by atoms with Crippen LogP contribution in [-0.2, 0) is 4.79 Å². The van der Waals surface area contributed by atoms with Gasteiger partial charge >= 0.3 is 0 Å². The summed E-state index contributed by atoms with van der Waals surface area (Å²) in [5.41, 5.74) is 0. The molecule has 19 heavy (non-hydrogen) atoms. The lowest BCUT2D eigenvalue weighted by Crippen LogP contribution is -2.37. The maximum absolute atomic E-state index is 12.3. The van der Waals surface area contributed by atoms with E-state index >= 15 is 0 Å². The summed E-state index contributed by atoms with van der Waals surface area (Å²) in [4.78, 5) is 14.4. The molecule has 0 radical (unpaired) electrons. The zero-order valence-electron chi connectivity index (χ0n) is 12.9. The second-order valence-electron chi connectivity index (χ2n) is 5.77. The Morgan fingerprint density at radius 1 is 1.16 bits per heavy atom. The average molecular weight is 268 g/mol. The minimum atomic E-state index is 0.370. The number of nitrogens with one attached hydrogen (secondary N) is 1. The van der Waals surface area contributed by atoms with Crippen LogP contribution in [0.5, 0.6) is 0 Å². The van der Waals surface area contributed by atoms with E-state index in [1.54, 1.807) is 0 Å². The Labute approximate surface area is 119 Å². The van der Waals surface area contributed by atoms with Crippen LogP contribution in [0.4, 0.5) is 0 Å². The van der Waals surface area contributed by atoms with Crippen LogP contribution >= 0.6 is 0 Å². The van der Waals surface area contributed by atoms with Gasteiger partial charge in [0.25, 0.3) is 0 Å². The summed E-state index contributed by atoms with van der Waals surface area (Å²) in [6, 6.07) is 0.580. The zero-order chi connectivity index (χ0) is 13.9.